The number of ether oxygens (including phenoxy) is 1. The minimum atomic E-state index is -0.0395. The van der Waals surface area contributed by atoms with Gasteiger partial charge in [0, 0.05) is 24.4 Å². The van der Waals surface area contributed by atoms with Crippen LogP contribution in [0.5, 0.6) is 0 Å². The van der Waals surface area contributed by atoms with Crippen molar-refractivity contribution in [3.05, 3.63) is 16.3 Å². The molecule has 158 valence electrons. The van der Waals surface area contributed by atoms with Gasteiger partial charge in [0.2, 0.25) is 0 Å². The number of hydrogen-bond donors (Lipinski definition) is 0. The van der Waals surface area contributed by atoms with Gasteiger partial charge in [0.05, 0.1) is 17.9 Å². The van der Waals surface area contributed by atoms with Gasteiger partial charge in [-0.3, -0.25) is 4.79 Å². The first-order chi connectivity index (χ1) is 14.0. The molecule has 1 atom stereocenters. The van der Waals surface area contributed by atoms with Gasteiger partial charge in [-0.25, -0.2) is 9.97 Å². The maximum atomic E-state index is 12.1. The van der Waals surface area contributed by atoms with Crippen molar-refractivity contribution in [1.82, 2.24) is 9.97 Å². The van der Waals surface area contributed by atoms with E-state index in [1.807, 2.05) is 18.3 Å². The summed E-state index contributed by atoms with van der Waals surface area (Å²) < 4.78 is 5.25. The Morgan fingerprint density at radius 1 is 1.24 bits per heavy atom. The van der Waals surface area contributed by atoms with Crippen LogP contribution in [0.2, 0.25) is 0 Å². The van der Waals surface area contributed by atoms with E-state index in [1.54, 1.807) is 0 Å². The Bertz CT molecular complexity index is 884. The topological polar surface area (TPSA) is 55.3 Å². The van der Waals surface area contributed by atoms with Crippen molar-refractivity contribution in [2.75, 3.05) is 24.6 Å². The van der Waals surface area contributed by atoms with Crippen LogP contribution in [-0.4, -0.2) is 35.6 Å². The summed E-state index contributed by atoms with van der Waals surface area (Å²) >= 11 is 1.88. The third kappa shape index (κ3) is 4.27. The monoisotopic (exact) mass is 415 g/mol. The minimum absolute atomic E-state index is 0.0240. The Balaban J connectivity index is 1.68. The van der Waals surface area contributed by atoms with Crippen LogP contribution in [0.3, 0.4) is 0 Å². The molecule has 6 heteroatoms. The molecule has 0 saturated carbocycles. The van der Waals surface area contributed by atoms with Gasteiger partial charge < -0.3 is 9.64 Å². The van der Waals surface area contributed by atoms with Crippen LogP contribution in [0.25, 0.3) is 10.2 Å². The fourth-order valence-electron chi connectivity index (χ4n) is 4.64. The summed E-state index contributed by atoms with van der Waals surface area (Å²) in [6.45, 7) is 10.9. The van der Waals surface area contributed by atoms with Crippen LogP contribution < -0.4 is 4.90 Å². The van der Waals surface area contributed by atoms with E-state index in [4.69, 9.17) is 14.7 Å². The summed E-state index contributed by atoms with van der Waals surface area (Å²) in [7, 11) is 0. The molecule has 29 heavy (non-hydrogen) atoms. The van der Waals surface area contributed by atoms with E-state index in [1.165, 1.54) is 28.7 Å². The summed E-state index contributed by atoms with van der Waals surface area (Å²) in [5.74, 6) is 3.34. The van der Waals surface area contributed by atoms with Crippen LogP contribution in [0.15, 0.2) is 0 Å². The van der Waals surface area contributed by atoms with Crippen molar-refractivity contribution < 1.29 is 9.53 Å². The Morgan fingerprint density at radius 3 is 2.69 bits per heavy atom. The van der Waals surface area contributed by atoms with Crippen molar-refractivity contribution in [2.45, 2.75) is 66.2 Å². The molecule has 0 radical (unpaired) electrons. The maximum absolute atomic E-state index is 12.1. The lowest BCUT2D eigenvalue weighted by molar-refractivity contribution is -0.148. The van der Waals surface area contributed by atoms with Crippen LogP contribution in [0.1, 0.15) is 63.2 Å². The van der Waals surface area contributed by atoms with Gasteiger partial charge in [0.25, 0.3) is 0 Å². The molecule has 0 spiro atoms. The van der Waals surface area contributed by atoms with E-state index >= 15 is 0 Å². The number of aryl methyl sites for hydroxylation is 1. The molecule has 1 aliphatic heterocycles. The number of fused-ring (bicyclic) bond motifs is 3. The number of aromatic nitrogens is 2. The van der Waals surface area contributed by atoms with E-state index < -0.39 is 0 Å². The molecular weight excluding hydrogens is 382 g/mol. The highest BCUT2D eigenvalue weighted by molar-refractivity contribution is 7.19. The zero-order chi connectivity index (χ0) is 20.5. The average Bonchev–Trinajstić information content (AvgIpc) is 3.04. The molecule has 2 aromatic heterocycles. The number of rotatable bonds is 5. The van der Waals surface area contributed by atoms with Crippen molar-refractivity contribution in [2.24, 2.45) is 17.8 Å². The number of carbonyl (C=O) groups is 1. The van der Waals surface area contributed by atoms with Gasteiger partial charge in [-0.15, -0.1) is 11.3 Å². The average molecular weight is 416 g/mol. The predicted octanol–water partition coefficient (Wildman–Crippen LogP) is 4.79. The Hall–Kier alpha value is -1.69. The normalized spacial score (nSPS) is 20.3. The molecule has 4 rings (SSSR count). The number of esters is 1. The standard InChI is InChI=1S/C23H33N3O2S/c1-5-28-23(27)16-8-10-26(11-9-16)21-20-17-7-6-15(4)13-18(17)29-22(20)25-19(24-21)12-14(2)3/h14-16H,5-13H2,1-4H3. The molecule has 1 unspecified atom stereocenters. The molecule has 0 N–H and O–H groups in total. The molecule has 2 aromatic rings. The number of anilines is 1. The quantitative estimate of drug-likeness (QED) is 0.657. The highest BCUT2D eigenvalue weighted by atomic mass is 32.1. The largest absolute Gasteiger partial charge is 0.466 e. The van der Waals surface area contributed by atoms with Gasteiger partial charge >= 0.3 is 5.97 Å². The van der Waals surface area contributed by atoms with Crippen LogP contribution in [-0.2, 0) is 28.8 Å². The Morgan fingerprint density at radius 2 is 2.00 bits per heavy atom. The van der Waals surface area contributed by atoms with Crippen molar-refractivity contribution in [3.8, 4) is 0 Å². The van der Waals surface area contributed by atoms with Crippen molar-refractivity contribution in [1.29, 1.82) is 0 Å². The number of hydrogen-bond acceptors (Lipinski definition) is 6. The van der Waals surface area contributed by atoms with Gasteiger partial charge in [0.1, 0.15) is 16.5 Å². The van der Waals surface area contributed by atoms with Gasteiger partial charge in [-0.2, -0.15) is 0 Å². The molecule has 2 aliphatic rings. The lowest BCUT2D eigenvalue weighted by Crippen LogP contribution is -2.37. The first-order valence-corrected chi connectivity index (χ1v) is 12.0. The molecule has 5 nitrogen and oxygen atoms in total. The van der Waals surface area contributed by atoms with Gasteiger partial charge in [0.15, 0.2) is 0 Å². The minimum Gasteiger partial charge on any atom is -0.466 e. The molecule has 1 aliphatic carbocycles. The lowest BCUT2D eigenvalue weighted by atomic mass is 9.89. The van der Waals surface area contributed by atoms with E-state index in [9.17, 15) is 4.79 Å². The van der Waals surface area contributed by atoms with E-state index in [-0.39, 0.29) is 11.9 Å². The van der Waals surface area contributed by atoms with Gasteiger partial charge in [-0.05, 0) is 56.4 Å². The molecule has 3 heterocycles. The zero-order valence-corrected chi connectivity index (χ0v) is 19.0. The van der Waals surface area contributed by atoms with E-state index in [2.05, 4.69) is 25.7 Å². The molecule has 0 aromatic carbocycles. The smallest absolute Gasteiger partial charge is 0.309 e. The van der Waals surface area contributed by atoms with Crippen LogP contribution in [0.4, 0.5) is 5.82 Å². The number of piperidine rings is 1. The Kier molecular flexibility index (Phi) is 6.09. The van der Waals surface area contributed by atoms with Crippen molar-refractivity contribution in [3.63, 3.8) is 0 Å². The summed E-state index contributed by atoms with van der Waals surface area (Å²) in [5.41, 5.74) is 1.49. The molecule has 1 saturated heterocycles. The van der Waals surface area contributed by atoms with Gasteiger partial charge in [-0.1, -0.05) is 20.8 Å². The molecule has 0 bridgehead atoms. The zero-order valence-electron chi connectivity index (χ0n) is 18.2. The van der Waals surface area contributed by atoms with E-state index in [0.29, 0.717) is 12.5 Å². The second-order valence-electron chi connectivity index (χ2n) is 9.11. The fraction of sp³-hybridized carbons (Fsp3) is 0.696. The fourth-order valence-corrected chi connectivity index (χ4v) is 6.03. The lowest BCUT2D eigenvalue weighted by Gasteiger charge is -2.32. The second-order valence-corrected chi connectivity index (χ2v) is 10.2. The van der Waals surface area contributed by atoms with Crippen LogP contribution >= 0.6 is 11.3 Å². The predicted molar refractivity (Wildman–Crippen MR) is 119 cm³/mol. The first-order valence-electron chi connectivity index (χ1n) is 11.2. The second kappa shape index (κ2) is 8.58. The third-order valence-corrected chi connectivity index (χ3v) is 7.34. The molecular formula is C23H33N3O2S. The number of carbonyl (C=O) groups excluding carboxylic acids is 1. The summed E-state index contributed by atoms with van der Waals surface area (Å²) in [6, 6.07) is 0. The Labute approximate surface area is 177 Å². The van der Waals surface area contributed by atoms with Crippen molar-refractivity contribution >= 4 is 33.3 Å². The number of nitrogens with zero attached hydrogens (tertiary/aromatic N) is 3. The molecule has 1 fully saturated rings. The SMILES string of the molecule is CCOC(=O)C1CCN(c2nc(CC(C)C)nc3sc4c(c23)CCC(C)C4)CC1. The third-order valence-electron chi connectivity index (χ3n) is 6.19. The summed E-state index contributed by atoms with van der Waals surface area (Å²) in [4.78, 5) is 27.3. The van der Waals surface area contributed by atoms with Crippen LogP contribution in [0, 0.1) is 17.8 Å². The highest BCUT2D eigenvalue weighted by Gasteiger charge is 2.30. The highest BCUT2D eigenvalue weighted by Crippen LogP contribution is 2.41. The summed E-state index contributed by atoms with van der Waals surface area (Å²) in [5, 5.41) is 1.29. The maximum Gasteiger partial charge on any atom is 0.309 e. The summed E-state index contributed by atoms with van der Waals surface area (Å²) in [6.07, 6.45) is 6.13. The molecule has 0 amide bonds. The number of thiophene rings is 1. The first kappa shape index (κ1) is 20.6. The van der Waals surface area contributed by atoms with E-state index in [0.717, 1.165) is 61.2 Å².